The van der Waals surface area contributed by atoms with Crippen LogP contribution in [0, 0.1) is 0 Å². The second-order valence-corrected chi connectivity index (χ2v) is 6.09. The van der Waals surface area contributed by atoms with Crippen LogP contribution in [0.2, 0.25) is 0 Å². The Labute approximate surface area is 122 Å². The summed E-state index contributed by atoms with van der Waals surface area (Å²) < 4.78 is 6.48. The summed E-state index contributed by atoms with van der Waals surface area (Å²) in [5, 5.41) is 0. The number of hydrogen-bond donors (Lipinski definition) is 0. The van der Waals surface area contributed by atoms with Crippen molar-refractivity contribution in [2.24, 2.45) is 0 Å². The quantitative estimate of drug-likeness (QED) is 0.719. The van der Waals surface area contributed by atoms with Gasteiger partial charge in [-0.15, -0.1) is 11.6 Å². The number of halogens is 2. The SMILES string of the molecule is CCOc1ccc(CC2(Cl)C=C(Br)C=CC2)cc1. The van der Waals surface area contributed by atoms with E-state index in [0.29, 0.717) is 6.61 Å². The third kappa shape index (κ3) is 3.63. The van der Waals surface area contributed by atoms with Gasteiger partial charge >= 0.3 is 0 Å². The molecule has 0 bridgehead atoms. The molecule has 0 saturated heterocycles. The van der Waals surface area contributed by atoms with Crippen molar-refractivity contribution in [3.8, 4) is 5.75 Å². The monoisotopic (exact) mass is 326 g/mol. The van der Waals surface area contributed by atoms with E-state index in [-0.39, 0.29) is 4.87 Å². The molecule has 2 rings (SSSR count). The molecular formula is C15H16BrClO. The summed E-state index contributed by atoms with van der Waals surface area (Å²) in [5.41, 5.74) is 1.22. The Bertz CT molecular complexity index is 464. The molecule has 1 atom stereocenters. The molecule has 0 spiro atoms. The zero-order valence-corrected chi connectivity index (χ0v) is 12.7. The maximum atomic E-state index is 6.62. The number of alkyl halides is 1. The lowest BCUT2D eigenvalue weighted by Gasteiger charge is -2.25. The maximum Gasteiger partial charge on any atom is 0.119 e. The van der Waals surface area contributed by atoms with Gasteiger partial charge in [0.1, 0.15) is 5.75 Å². The van der Waals surface area contributed by atoms with Gasteiger partial charge in [0, 0.05) is 4.48 Å². The minimum Gasteiger partial charge on any atom is -0.494 e. The Balaban J connectivity index is 2.07. The van der Waals surface area contributed by atoms with Gasteiger partial charge in [-0.3, -0.25) is 0 Å². The molecule has 1 aromatic rings. The van der Waals surface area contributed by atoms with E-state index in [9.17, 15) is 0 Å². The van der Waals surface area contributed by atoms with Gasteiger partial charge in [0.05, 0.1) is 11.5 Å². The molecule has 0 fully saturated rings. The van der Waals surface area contributed by atoms with Crippen LogP contribution in [0.15, 0.2) is 47.0 Å². The molecule has 0 saturated carbocycles. The standard InChI is InChI=1S/C15H16BrClO/c1-2-18-14-7-5-12(6-8-14)10-15(17)9-3-4-13(16)11-15/h3-8,11H,2,9-10H2,1H3. The number of hydrogen-bond acceptors (Lipinski definition) is 1. The Hall–Kier alpha value is -0.730. The summed E-state index contributed by atoms with van der Waals surface area (Å²) in [7, 11) is 0. The molecule has 1 nitrogen and oxygen atoms in total. The van der Waals surface area contributed by atoms with Crippen LogP contribution in [0.1, 0.15) is 18.9 Å². The minimum absolute atomic E-state index is 0.319. The van der Waals surface area contributed by atoms with E-state index in [0.717, 1.165) is 23.1 Å². The van der Waals surface area contributed by atoms with E-state index in [1.54, 1.807) is 0 Å². The van der Waals surface area contributed by atoms with E-state index >= 15 is 0 Å². The van der Waals surface area contributed by atoms with Gasteiger partial charge in [0.15, 0.2) is 0 Å². The first-order valence-electron chi connectivity index (χ1n) is 6.07. The predicted octanol–water partition coefficient (Wildman–Crippen LogP) is 4.84. The molecular weight excluding hydrogens is 312 g/mol. The second kappa shape index (κ2) is 5.94. The lowest BCUT2D eigenvalue weighted by Crippen LogP contribution is -2.22. The van der Waals surface area contributed by atoms with Crippen LogP contribution in [-0.2, 0) is 6.42 Å². The zero-order valence-electron chi connectivity index (χ0n) is 10.3. The first-order chi connectivity index (χ1) is 8.61. The Morgan fingerprint density at radius 2 is 2.06 bits per heavy atom. The molecule has 1 aromatic carbocycles. The summed E-state index contributed by atoms with van der Waals surface area (Å²) in [6, 6.07) is 8.15. The normalized spacial score (nSPS) is 22.7. The molecule has 96 valence electrons. The van der Waals surface area contributed by atoms with Gasteiger partial charge in [-0.05, 0) is 43.5 Å². The van der Waals surface area contributed by atoms with Crippen molar-refractivity contribution in [1.82, 2.24) is 0 Å². The number of ether oxygens (including phenoxy) is 1. The predicted molar refractivity (Wildman–Crippen MR) is 80.7 cm³/mol. The average Bonchev–Trinajstić information content (AvgIpc) is 2.31. The van der Waals surface area contributed by atoms with E-state index in [1.165, 1.54) is 5.56 Å². The highest BCUT2D eigenvalue weighted by Gasteiger charge is 2.26. The summed E-state index contributed by atoms with van der Waals surface area (Å²) in [5.74, 6) is 0.908. The summed E-state index contributed by atoms with van der Waals surface area (Å²) in [6.07, 6.45) is 7.90. The van der Waals surface area contributed by atoms with Crippen LogP contribution < -0.4 is 4.74 Å². The van der Waals surface area contributed by atoms with Crippen molar-refractivity contribution in [1.29, 1.82) is 0 Å². The van der Waals surface area contributed by atoms with E-state index in [2.05, 4.69) is 40.2 Å². The molecule has 3 heteroatoms. The van der Waals surface area contributed by atoms with Crippen LogP contribution in [0.3, 0.4) is 0 Å². The van der Waals surface area contributed by atoms with E-state index in [4.69, 9.17) is 16.3 Å². The van der Waals surface area contributed by atoms with Crippen molar-refractivity contribution in [3.63, 3.8) is 0 Å². The lowest BCUT2D eigenvalue weighted by atomic mass is 9.92. The number of allylic oxidation sites excluding steroid dienone is 4. The van der Waals surface area contributed by atoms with Crippen LogP contribution in [0.25, 0.3) is 0 Å². The Kier molecular flexibility index (Phi) is 4.52. The smallest absolute Gasteiger partial charge is 0.119 e. The molecule has 0 N–H and O–H groups in total. The molecule has 0 radical (unpaired) electrons. The Morgan fingerprint density at radius 3 is 2.67 bits per heavy atom. The van der Waals surface area contributed by atoms with Crippen molar-refractivity contribution in [3.05, 3.63) is 52.5 Å². The molecule has 0 aromatic heterocycles. The van der Waals surface area contributed by atoms with Crippen molar-refractivity contribution < 1.29 is 4.74 Å². The summed E-state index contributed by atoms with van der Waals surface area (Å²) >= 11 is 10.1. The van der Waals surface area contributed by atoms with Crippen molar-refractivity contribution in [2.75, 3.05) is 6.61 Å². The topological polar surface area (TPSA) is 9.23 Å². The van der Waals surface area contributed by atoms with E-state index < -0.39 is 0 Å². The number of benzene rings is 1. The maximum absolute atomic E-state index is 6.62. The zero-order chi connectivity index (χ0) is 13.0. The molecule has 1 unspecified atom stereocenters. The molecule has 0 aliphatic heterocycles. The van der Waals surface area contributed by atoms with Crippen molar-refractivity contribution >= 4 is 27.5 Å². The van der Waals surface area contributed by atoms with Gasteiger partial charge in [-0.2, -0.15) is 0 Å². The molecule has 0 amide bonds. The third-order valence-corrected chi connectivity index (χ3v) is 3.75. The van der Waals surface area contributed by atoms with Crippen molar-refractivity contribution in [2.45, 2.75) is 24.6 Å². The highest BCUT2D eigenvalue weighted by molar-refractivity contribution is 9.11. The lowest BCUT2D eigenvalue weighted by molar-refractivity contribution is 0.340. The average molecular weight is 328 g/mol. The molecule has 1 aliphatic carbocycles. The first kappa shape index (κ1) is 13.7. The minimum atomic E-state index is -0.319. The largest absolute Gasteiger partial charge is 0.494 e. The molecule has 18 heavy (non-hydrogen) atoms. The fourth-order valence-corrected chi connectivity index (χ4v) is 3.17. The Morgan fingerprint density at radius 1 is 1.33 bits per heavy atom. The highest BCUT2D eigenvalue weighted by Crippen LogP contribution is 2.33. The van der Waals surface area contributed by atoms with Gasteiger partial charge in [-0.1, -0.05) is 40.2 Å². The third-order valence-electron chi connectivity index (χ3n) is 2.86. The van der Waals surface area contributed by atoms with E-state index in [1.807, 2.05) is 25.1 Å². The molecule has 0 heterocycles. The highest BCUT2D eigenvalue weighted by atomic mass is 79.9. The molecule has 1 aliphatic rings. The van der Waals surface area contributed by atoms with Gasteiger partial charge in [0.2, 0.25) is 0 Å². The van der Waals surface area contributed by atoms with Gasteiger partial charge in [0.25, 0.3) is 0 Å². The van der Waals surface area contributed by atoms with Crippen LogP contribution in [-0.4, -0.2) is 11.5 Å². The second-order valence-electron chi connectivity index (χ2n) is 4.42. The van der Waals surface area contributed by atoms with Crippen LogP contribution in [0.4, 0.5) is 0 Å². The number of rotatable bonds is 4. The van der Waals surface area contributed by atoms with Gasteiger partial charge in [-0.25, -0.2) is 0 Å². The van der Waals surface area contributed by atoms with Gasteiger partial charge < -0.3 is 4.74 Å². The van der Waals surface area contributed by atoms with Crippen LogP contribution >= 0.6 is 27.5 Å². The summed E-state index contributed by atoms with van der Waals surface area (Å²) in [6.45, 7) is 2.68. The summed E-state index contributed by atoms with van der Waals surface area (Å²) in [4.78, 5) is -0.319. The fourth-order valence-electron chi connectivity index (χ4n) is 2.05. The fraction of sp³-hybridized carbons (Fsp3) is 0.333. The first-order valence-corrected chi connectivity index (χ1v) is 7.24. The van der Waals surface area contributed by atoms with Crippen LogP contribution in [0.5, 0.6) is 5.75 Å².